The molecule has 1 amide bonds. The number of thiazole rings is 1. The lowest BCUT2D eigenvalue weighted by atomic mass is 10.2. The summed E-state index contributed by atoms with van der Waals surface area (Å²) in [4.78, 5) is 23.6. The highest BCUT2D eigenvalue weighted by Crippen LogP contribution is 2.31. The Labute approximate surface area is 221 Å². The van der Waals surface area contributed by atoms with Crippen molar-refractivity contribution in [1.82, 2.24) is 34.9 Å². The van der Waals surface area contributed by atoms with Gasteiger partial charge in [-0.1, -0.05) is 29.4 Å². The molecule has 4 aromatic rings. The molecule has 1 N–H and O–H groups in total. The van der Waals surface area contributed by atoms with Crippen LogP contribution in [-0.2, 0) is 10.5 Å². The van der Waals surface area contributed by atoms with Gasteiger partial charge in [0.15, 0.2) is 11.0 Å². The van der Waals surface area contributed by atoms with Crippen molar-refractivity contribution in [3.8, 4) is 17.1 Å². The second kappa shape index (κ2) is 11.9. The molecule has 0 spiro atoms. The van der Waals surface area contributed by atoms with E-state index < -0.39 is 0 Å². The number of ether oxygens (including phenoxy) is 1. The van der Waals surface area contributed by atoms with Gasteiger partial charge in [-0.25, -0.2) is 4.98 Å². The summed E-state index contributed by atoms with van der Waals surface area (Å²) in [5.74, 6) is 1.07. The van der Waals surface area contributed by atoms with E-state index in [1.165, 1.54) is 23.1 Å². The average molecular weight is 542 g/mol. The van der Waals surface area contributed by atoms with Gasteiger partial charge in [0.2, 0.25) is 0 Å². The SMILES string of the molecule is O=C(NCCN1CCOCC1)c1csc(CSc2nnc(-c3cccnc3)n2-c2cccc(Cl)c2)n1. The largest absolute Gasteiger partial charge is 0.379 e. The number of carbonyl (C=O) groups is 1. The number of aromatic nitrogens is 5. The standard InChI is InChI=1S/C24H24ClN7O2S2/c25-18-4-1-5-19(13-18)32-22(17-3-2-6-26-14-17)29-30-24(32)36-16-21-28-20(15-35-21)23(33)27-7-8-31-9-11-34-12-10-31/h1-6,13-15H,7-12,16H2,(H,27,33). The van der Waals surface area contributed by atoms with Crippen LogP contribution in [0, 0.1) is 0 Å². The Morgan fingerprint density at radius 2 is 2.08 bits per heavy atom. The highest BCUT2D eigenvalue weighted by molar-refractivity contribution is 7.98. The van der Waals surface area contributed by atoms with E-state index in [0.717, 1.165) is 49.1 Å². The molecule has 1 fully saturated rings. The van der Waals surface area contributed by atoms with E-state index in [1.807, 2.05) is 41.0 Å². The molecular weight excluding hydrogens is 518 g/mol. The number of hydrogen-bond donors (Lipinski definition) is 1. The molecule has 1 saturated heterocycles. The number of nitrogens with one attached hydrogen (secondary N) is 1. The summed E-state index contributed by atoms with van der Waals surface area (Å²) in [5, 5.41) is 15.8. The fraction of sp³-hybridized carbons (Fsp3) is 0.292. The predicted octanol–water partition coefficient (Wildman–Crippen LogP) is 3.79. The maximum absolute atomic E-state index is 12.5. The van der Waals surface area contributed by atoms with E-state index in [2.05, 4.69) is 30.4 Å². The van der Waals surface area contributed by atoms with Crippen LogP contribution in [0.1, 0.15) is 15.5 Å². The van der Waals surface area contributed by atoms with Gasteiger partial charge >= 0.3 is 0 Å². The van der Waals surface area contributed by atoms with Crippen LogP contribution in [0.25, 0.3) is 17.1 Å². The van der Waals surface area contributed by atoms with Crippen molar-refractivity contribution in [3.63, 3.8) is 0 Å². The van der Waals surface area contributed by atoms with Crippen LogP contribution in [0.4, 0.5) is 0 Å². The minimum absolute atomic E-state index is 0.156. The van der Waals surface area contributed by atoms with Gasteiger partial charge in [-0.05, 0) is 30.3 Å². The molecule has 0 unspecified atom stereocenters. The van der Waals surface area contributed by atoms with E-state index in [-0.39, 0.29) is 5.91 Å². The van der Waals surface area contributed by atoms with Crippen molar-refractivity contribution in [2.75, 3.05) is 39.4 Å². The zero-order valence-corrected chi connectivity index (χ0v) is 21.7. The maximum Gasteiger partial charge on any atom is 0.270 e. The predicted molar refractivity (Wildman–Crippen MR) is 141 cm³/mol. The number of carbonyl (C=O) groups excluding carboxylic acids is 1. The molecule has 0 saturated carbocycles. The molecule has 36 heavy (non-hydrogen) atoms. The second-order valence-corrected chi connectivity index (χ2v) is 10.3. The van der Waals surface area contributed by atoms with Gasteiger partial charge in [-0.3, -0.25) is 19.2 Å². The van der Waals surface area contributed by atoms with Gasteiger partial charge < -0.3 is 10.1 Å². The van der Waals surface area contributed by atoms with Crippen molar-refractivity contribution in [2.45, 2.75) is 10.9 Å². The van der Waals surface area contributed by atoms with Gasteiger partial charge in [0.1, 0.15) is 10.7 Å². The van der Waals surface area contributed by atoms with Crippen LogP contribution < -0.4 is 5.32 Å². The zero-order valence-electron chi connectivity index (χ0n) is 19.3. The molecule has 5 rings (SSSR count). The fourth-order valence-electron chi connectivity index (χ4n) is 3.74. The van der Waals surface area contributed by atoms with E-state index in [4.69, 9.17) is 16.3 Å². The van der Waals surface area contributed by atoms with Gasteiger partial charge in [0.05, 0.1) is 24.7 Å². The third kappa shape index (κ3) is 6.11. The number of pyridine rings is 1. The number of amides is 1. The molecule has 1 aliphatic rings. The topological polar surface area (TPSA) is 98.1 Å². The van der Waals surface area contributed by atoms with Gasteiger partial charge in [0.25, 0.3) is 5.91 Å². The highest BCUT2D eigenvalue weighted by atomic mass is 35.5. The molecular formula is C24H24ClN7O2S2. The van der Waals surface area contributed by atoms with Crippen molar-refractivity contribution in [1.29, 1.82) is 0 Å². The lowest BCUT2D eigenvalue weighted by Gasteiger charge is -2.26. The molecule has 1 aromatic carbocycles. The summed E-state index contributed by atoms with van der Waals surface area (Å²) in [7, 11) is 0. The summed E-state index contributed by atoms with van der Waals surface area (Å²) in [6, 6.07) is 11.4. The number of halogens is 1. The molecule has 186 valence electrons. The summed E-state index contributed by atoms with van der Waals surface area (Å²) >= 11 is 9.23. The lowest BCUT2D eigenvalue weighted by Crippen LogP contribution is -2.41. The molecule has 0 aliphatic carbocycles. The van der Waals surface area contributed by atoms with Crippen LogP contribution >= 0.6 is 34.7 Å². The van der Waals surface area contributed by atoms with E-state index in [0.29, 0.717) is 34.0 Å². The number of hydrogen-bond acceptors (Lipinski definition) is 9. The first-order chi connectivity index (χ1) is 17.7. The van der Waals surface area contributed by atoms with Crippen LogP contribution in [-0.4, -0.2) is 74.9 Å². The van der Waals surface area contributed by atoms with Gasteiger partial charge in [-0.15, -0.1) is 21.5 Å². The Hall–Kier alpha value is -2.83. The lowest BCUT2D eigenvalue weighted by molar-refractivity contribution is 0.0383. The van der Waals surface area contributed by atoms with E-state index in [9.17, 15) is 4.79 Å². The third-order valence-electron chi connectivity index (χ3n) is 5.55. The summed E-state index contributed by atoms with van der Waals surface area (Å²) in [5.41, 5.74) is 2.14. The monoisotopic (exact) mass is 541 g/mol. The van der Waals surface area contributed by atoms with Crippen LogP contribution in [0.2, 0.25) is 5.02 Å². The smallest absolute Gasteiger partial charge is 0.270 e. The molecule has 4 heterocycles. The van der Waals surface area contributed by atoms with Gasteiger partial charge in [-0.2, -0.15) is 0 Å². The number of morpholine rings is 1. The van der Waals surface area contributed by atoms with Crippen molar-refractivity contribution < 1.29 is 9.53 Å². The van der Waals surface area contributed by atoms with Crippen LogP contribution in [0.15, 0.2) is 59.3 Å². The Bertz CT molecular complexity index is 1310. The van der Waals surface area contributed by atoms with Crippen molar-refractivity contribution >= 4 is 40.6 Å². The first-order valence-electron chi connectivity index (χ1n) is 11.4. The van der Waals surface area contributed by atoms with Crippen molar-refractivity contribution in [3.05, 3.63) is 69.9 Å². The Morgan fingerprint density at radius 3 is 2.89 bits per heavy atom. The van der Waals surface area contributed by atoms with Crippen LogP contribution in [0.3, 0.4) is 0 Å². The minimum atomic E-state index is -0.156. The zero-order chi connectivity index (χ0) is 24.7. The molecule has 12 heteroatoms. The van der Waals surface area contributed by atoms with Crippen molar-refractivity contribution in [2.24, 2.45) is 0 Å². The number of nitrogens with zero attached hydrogens (tertiary/aromatic N) is 6. The Morgan fingerprint density at radius 1 is 1.19 bits per heavy atom. The van der Waals surface area contributed by atoms with E-state index in [1.54, 1.807) is 17.8 Å². The molecule has 0 radical (unpaired) electrons. The van der Waals surface area contributed by atoms with Gasteiger partial charge in [0, 0.05) is 54.5 Å². The highest BCUT2D eigenvalue weighted by Gasteiger charge is 2.18. The third-order valence-corrected chi connectivity index (χ3v) is 7.75. The molecule has 9 nitrogen and oxygen atoms in total. The van der Waals surface area contributed by atoms with E-state index >= 15 is 0 Å². The quantitative estimate of drug-likeness (QED) is 0.320. The first-order valence-corrected chi connectivity index (χ1v) is 13.7. The molecule has 3 aromatic heterocycles. The summed E-state index contributed by atoms with van der Waals surface area (Å²) in [6.45, 7) is 4.68. The normalized spacial score (nSPS) is 14.1. The summed E-state index contributed by atoms with van der Waals surface area (Å²) in [6.07, 6.45) is 3.47. The average Bonchev–Trinajstić information content (AvgIpc) is 3.56. The second-order valence-electron chi connectivity index (χ2n) is 7.99. The first kappa shape index (κ1) is 24.8. The maximum atomic E-state index is 12.5. The molecule has 1 aliphatic heterocycles. The molecule has 0 atom stereocenters. The summed E-state index contributed by atoms with van der Waals surface area (Å²) < 4.78 is 7.32. The number of benzene rings is 1. The Balaban J connectivity index is 1.26. The number of rotatable bonds is 9. The fourth-order valence-corrected chi connectivity index (χ4v) is 5.67. The molecule has 0 bridgehead atoms. The number of thioether (sulfide) groups is 1. The van der Waals surface area contributed by atoms with Crippen LogP contribution in [0.5, 0.6) is 0 Å². The Kier molecular flexibility index (Phi) is 8.24. The minimum Gasteiger partial charge on any atom is -0.379 e.